The molecule has 0 saturated carbocycles. The number of fused-ring (bicyclic) bond motifs is 1. The molecule has 0 saturated heterocycles. The van der Waals surface area contributed by atoms with Crippen LogP contribution in [0.4, 0.5) is 11.4 Å². The van der Waals surface area contributed by atoms with Gasteiger partial charge in [-0.05, 0) is 12.1 Å². The number of nitro groups is 2. The van der Waals surface area contributed by atoms with Crippen molar-refractivity contribution in [3.8, 4) is 12.3 Å². The van der Waals surface area contributed by atoms with Gasteiger partial charge < -0.3 is 4.57 Å². The third kappa shape index (κ3) is 3.44. The molecule has 1 heterocycles. The van der Waals surface area contributed by atoms with Crippen molar-refractivity contribution < 1.29 is 14.6 Å². The van der Waals surface area contributed by atoms with Gasteiger partial charge in [0.15, 0.2) is 4.80 Å². The number of carbonyl (C=O) groups is 1. The second-order valence-corrected chi connectivity index (χ2v) is 6.28. The van der Waals surface area contributed by atoms with Crippen LogP contribution in [0.3, 0.4) is 0 Å². The molecule has 0 spiro atoms. The molecule has 0 fully saturated rings. The van der Waals surface area contributed by atoms with Gasteiger partial charge in [0.25, 0.3) is 17.3 Å². The predicted molar refractivity (Wildman–Crippen MR) is 98.3 cm³/mol. The van der Waals surface area contributed by atoms with Crippen LogP contribution in [-0.2, 0) is 6.54 Å². The number of hydrogen-bond donors (Lipinski definition) is 0. The van der Waals surface area contributed by atoms with E-state index in [1.165, 1.54) is 42.5 Å². The molecule has 0 unspecified atom stereocenters. The van der Waals surface area contributed by atoms with Crippen LogP contribution in [0.15, 0.2) is 47.5 Å². The summed E-state index contributed by atoms with van der Waals surface area (Å²) < 4.78 is 2.07. The van der Waals surface area contributed by atoms with E-state index in [1.54, 1.807) is 4.57 Å². The lowest BCUT2D eigenvalue weighted by atomic mass is 10.2. The average Bonchev–Trinajstić information content (AvgIpc) is 2.98. The minimum absolute atomic E-state index is 0.0841. The van der Waals surface area contributed by atoms with E-state index in [0.29, 0.717) is 10.2 Å². The lowest BCUT2D eigenvalue weighted by Gasteiger charge is -2.00. The SMILES string of the molecule is C#CCn1c(=NC(=O)c2ccccc2[N+](=O)[O-])sc2cc([N+](=O)[O-])ccc21. The molecule has 0 aliphatic carbocycles. The van der Waals surface area contributed by atoms with E-state index < -0.39 is 15.8 Å². The van der Waals surface area contributed by atoms with Crippen LogP contribution >= 0.6 is 11.3 Å². The zero-order valence-corrected chi connectivity index (χ0v) is 14.4. The van der Waals surface area contributed by atoms with Crippen molar-refractivity contribution in [2.24, 2.45) is 4.99 Å². The molecule has 1 amide bonds. The number of nitro benzene ring substituents is 2. The Morgan fingerprint density at radius 3 is 2.59 bits per heavy atom. The minimum atomic E-state index is -0.797. The molecule has 134 valence electrons. The molecular weight excluding hydrogens is 372 g/mol. The molecule has 0 radical (unpaired) electrons. The highest BCUT2D eigenvalue weighted by atomic mass is 32.1. The molecule has 0 atom stereocenters. The number of rotatable bonds is 4. The van der Waals surface area contributed by atoms with Crippen LogP contribution in [0.1, 0.15) is 10.4 Å². The maximum atomic E-state index is 12.5. The molecule has 1 aromatic heterocycles. The first-order chi connectivity index (χ1) is 12.9. The number of thiazole rings is 1. The summed E-state index contributed by atoms with van der Waals surface area (Å²) in [5.74, 6) is 1.64. The monoisotopic (exact) mass is 382 g/mol. The minimum Gasteiger partial charge on any atom is -0.305 e. The second kappa shape index (κ2) is 7.19. The Morgan fingerprint density at radius 2 is 1.93 bits per heavy atom. The van der Waals surface area contributed by atoms with Crippen molar-refractivity contribution in [2.45, 2.75) is 6.54 Å². The molecule has 9 nitrogen and oxygen atoms in total. The zero-order valence-electron chi connectivity index (χ0n) is 13.6. The third-order valence-corrected chi connectivity index (χ3v) is 4.70. The topological polar surface area (TPSA) is 121 Å². The number of non-ortho nitro benzene ring substituents is 1. The van der Waals surface area contributed by atoms with Gasteiger partial charge in [-0.25, -0.2) is 0 Å². The fourth-order valence-corrected chi connectivity index (χ4v) is 3.53. The van der Waals surface area contributed by atoms with Crippen molar-refractivity contribution in [3.05, 3.63) is 73.1 Å². The van der Waals surface area contributed by atoms with Gasteiger partial charge in [-0.15, -0.1) is 6.42 Å². The van der Waals surface area contributed by atoms with Gasteiger partial charge in [0.1, 0.15) is 5.56 Å². The highest BCUT2D eigenvalue weighted by molar-refractivity contribution is 7.16. The second-order valence-electron chi connectivity index (χ2n) is 5.28. The van der Waals surface area contributed by atoms with E-state index >= 15 is 0 Å². The maximum absolute atomic E-state index is 12.5. The number of terminal acetylenes is 1. The molecule has 0 N–H and O–H groups in total. The summed E-state index contributed by atoms with van der Waals surface area (Å²) in [5.41, 5.74) is -0.0319. The average molecular weight is 382 g/mol. The van der Waals surface area contributed by atoms with Crippen LogP contribution in [0, 0.1) is 32.6 Å². The van der Waals surface area contributed by atoms with E-state index in [0.717, 1.165) is 11.3 Å². The first kappa shape index (κ1) is 18.0. The molecule has 3 rings (SSSR count). The van der Waals surface area contributed by atoms with Crippen molar-refractivity contribution in [3.63, 3.8) is 0 Å². The lowest BCUT2D eigenvalue weighted by molar-refractivity contribution is -0.385. The van der Waals surface area contributed by atoms with Gasteiger partial charge in [0, 0.05) is 18.2 Å². The highest BCUT2D eigenvalue weighted by Crippen LogP contribution is 2.24. The van der Waals surface area contributed by atoms with Crippen molar-refractivity contribution in [2.75, 3.05) is 0 Å². The van der Waals surface area contributed by atoms with Crippen LogP contribution in [0.2, 0.25) is 0 Å². The molecule has 0 aliphatic rings. The van der Waals surface area contributed by atoms with Crippen molar-refractivity contribution in [1.29, 1.82) is 0 Å². The predicted octanol–water partition coefficient (Wildman–Crippen LogP) is 2.89. The first-order valence-electron chi connectivity index (χ1n) is 7.46. The fourth-order valence-electron chi connectivity index (χ4n) is 2.47. The van der Waals surface area contributed by atoms with Crippen molar-refractivity contribution in [1.82, 2.24) is 4.57 Å². The van der Waals surface area contributed by atoms with Crippen LogP contribution in [-0.4, -0.2) is 20.3 Å². The van der Waals surface area contributed by atoms with Gasteiger partial charge in [-0.2, -0.15) is 4.99 Å². The number of nitrogens with zero attached hydrogens (tertiary/aromatic N) is 4. The molecule has 2 aromatic carbocycles. The third-order valence-electron chi connectivity index (χ3n) is 3.65. The fraction of sp³-hybridized carbons (Fsp3) is 0.0588. The first-order valence-corrected chi connectivity index (χ1v) is 8.27. The number of hydrogen-bond acceptors (Lipinski definition) is 6. The van der Waals surface area contributed by atoms with Gasteiger partial charge in [0.2, 0.25) is 0 Å². The summed E-state index contributed by atoms with van der Waals surface area (Å²) in [6.07, 6.45) is 5.37. The van der Waals surface area contributed by atoms with Crippen LogP contribution < -0.4 is 4.80 Å². The van der Waals surface area contributed by atoms with E-state index in [4.69, 9.17) is 6.42 Å². The van der Waals surface area contributed by atoms with Gasteiger partial charge in [-0.1, -0.05) is 29.4 Å². The van der Waals surface area contributed by atoms with E-state index in [9.17, 15) is 25.0 Å². The molecule has 27 heavy (non-hydrogen) atoms. The van der Waals surface area contributed by atoms with Gasteiger partial charge in [0.05, 0.1) is 26.6 Å². The van der Waals surface area contributed by atoms with Crippen molar-refractivity contribution >= 4 is 38.8 Å². The Kier molecular flexibility index (Phi) is 4.78. The van der Waals surface area contributed by atoms with Gasteiger partial charge >= 0.3 is 0 Å². The molecule has 3 aromatic rings. The number of aromatic nitrogens is 1. The standard InChI is InChI=1S/C17H10N4O5S/c1-2-9-19-14-8-7-11(20(23)24)10-15(14)27-17(19)18-16(22)12-5-3-4-6-13(12)21(25)26/h1,3-8,10H,9H2. The quantitative estimate of drug-likeness (QED) is 0.390. The van der Waals surface area contributed by atoms with Gasteiger partial charge in [-0.3, -0.25) is 25.0 Å². The summed E-state index contributed by atoms with van der Waals surface area (Å²) >= 11 is 1.04. The van der Waals surface area contributed by atoms with Crippen LogP contribution in [0.5, 0.6) is 0 Å². The number of benzene rings is 2. The van der Waals surface area contributed by atoms with Crippen LogP contribution in [0.25, 0.3) is 10.2 Å². The lowest BCUT2D eigenvalue weighted by Crippen LogP contribution is -2.16. The number of amides is 1. The summed E-state index contributed by atoms with van der Waals surface area (Å²) in [5, 5.41) is 22.1. The summed E-state index contributed by atoms with van der Waals surface area (Å²) in [4.78, 5) is 37.6. The van der Waals surface area contributed by atoms with E-state index in [-0.39, 0.29) is 28.3 Å². The summed E-state index contributed by atoms with van der Waals surface area (Å²) in [6.45, 7) is 0.0841. The largest absolute Gasteiger partial charge is 0.305 e. The molecule has 10 heteroatoms. The Bertz CT molecular complexity index is 1200. The zero-order chi connectivity index (χ0) is 19.6. The molecule has 0 aliphatic heterocycles. The van der Waals surface area contributed by atoms with E-state index in [2.05, 4.69) is 10.9 Å². The Balaban J connectivity index is 2.19. The Hall–Kier alpha value is -3.84. The van der Waals surface area contributed by atoms with E-state index in [1.807, 2.05) is 0 Å². The summed E-state index contributed by atoms with van der Waals surface area (Å²) in [6, 6.07) is 9.69. The smallest absolute Gasteiger partial charge is 0.286 e. The summed E-state index contributed by atoms with van der Waals surface area (Å²) in [7, 11) is 0. The normalized spacial score (nSPS) is 11.3. The Morgan fingerprint density at radius 1 is 1.19 bits per heavy atom. The number of carbonyl (C=O) groups excluding carboxylic acids is 1. The maximum Gasteiger partial charge on any atom is 0.286 e. The highest BCUT2D eigenvalue weighted by Gasteiger charge is 2.19. The number of para-hydroxylation sites is 1. The Labute approximate surface area is 155 Å². The molecule has 0 bridgehead atoms. The molecular formula is C17H10N4O5S.